The van der Waals surface area contributed by atoms with Crippen LogP contribution in [0.2, 0.25) is 0 Å². The summed E-state index contributed by atoms with van der Waals surface area (Å²) in [6.45, 7) is -0.113. The molecule has 0 saturated carbocycles. The molecule has 0 spiro atoms. The number of carboxylic acids is 1. The molecule has 0 saturated heterocycles. The fourth-order valence-electron chi connectivity index (χ4n) is 3.30. The van der Waals surface area contributed by atoms with E-state index in [9.17, 15) is 14.4 Å². The van der Waals surface area contributed by atoms with Gasteiger partial charge in [-0.25, -0.2) is 9.59 Å². The number of hydrogen-bond acceptors (Lipinski definition) is 4. The van der Waals surface area contributed by atoms with Crippen molar-refractivity contribution in [3.05, 3.63) is 71.5 Å². The molecule has 2 aromatic carbocycles. The predicted molar refractivity (Wildman–Crippen MR) is 121 cm³/mol. The van der Waals surface area contributed by atoms with E-state index in [1.807, 2.05) is 18.2 Å². The minimum atomic E-state index is -1.23. The highest BCUT2D eigenvalue weighted by atomic mass is 16.4. The highest BCUT2D eigenvalue weighted by Crippen LogP contribution is 2.21. The molecule has 0 fully saturated rings. The van der Waals surface area contributed by atoms with E-state index in [-0.39, 0.29) is 37.7 Å². The Morgan fingerprint density at radius 3 is 2.38 bits per heavy atom. The first kappa shape index (κ1) is 22.3. The maximum Gasteiger partial charge on any atom is 0.352 e. The molecule has 0 atom stereocenters. The predicted octanol–water partition coefficient (Wildman–Crippen LogP) is 1.23. The number of carboxylic acid groups (broad SMARTS) is 1. The van der Waals surface area contributed by atoms with Crippen molar-refractivity contribution in [3.63, 3.8) is 0 Å². The molecule has 32 heavy (non-hydrogen) atoms. The molecule has 3 aromatic rings. The number of carbonyl (C=O) groups excluding carboxylic acids is 2. The molecule has 9 nitrogen and oxygen atoms in total. The normalized spacial score (nSPS) is 12.9. The van der Waals surface area contributed by atoms with E-state index in [4.69, 9.17) is 16.2 Å². The molecule has 162 valence electrons. The van der Waals surface area contributed by atoms with Crippen LogP contribution in [0.3, 0.4) is 0 Å². The Kier molecular flexibility index (Phi) is 6.10. The number of amidine groups is 1. The van der Waals surface area contributed by atoms with Gasteiger partial charge < -0.3 is 5.11 Å². The van der Waals surface area contributed by atoms with Crippen molar-refractivity contribution in [2.45, 2.75) is 13.8 Å². The van der Waals surface area contributed by atoms with Crippen LogP contribution in [-0.2, 0) is 11.2 Å². The van der Waals surface area contributed by atoms with Crippen LogP contribution < -0.4 is 16.0 Å². The van der Waals surface area contributed by atoms with Crippen LogP contribution in [0.1, 0.15) is 29.0 Å². The highest BCUT2D eigenvalue weighted by Gasteiger charge is 2.28. The van der Waals surface area contributed by atoms with Gasteiger partial charge in [0.2, 0.25) is 0 Å². The van der Waals surface area contributed by atoms with Gasteiger partial charge in [-0.2, -0.15) is 4.99 Å². The van der Waals surface area contributed by atoms with Crippen molar-refractivity contribution < 1.29 is 24.9 Å². The Labute approximate surface area is 183 Å². The third-order valence-electron chi connectivity index (χ3n) is 4.97. The van der Waals surface area contributed by atoms with Gasteiger partial charge in [-0.15, -0.1) is 0 Å². The first-order chi connectivity index (χ1) is 14.8. The fraction of sp³-hybridized carbons (Fsp3) is 0.130. The van der Waals surface area contributed by atoms with Crippen molar-refractivity contribution in [2.75, 3.05) is 11.4 Å². The van der Waals surface area contributed by atoms with Crippen molar-refractivity contribution in [2.24, 2.45) is 10.7 Å². The number of nitrogens with two attached hydrogens (primary N) is 2. The number of aromatic nitrogens is 1. The largest absolute Gasteiger partial charge is 0.477 e. The molecule has 9 heteroatoms. The summed E-state index contributed by atoms with van der Waals surface area (Å²) < 4.78 is 0. The smallest absolute Gasteiger partial charge is 0.352 e. The number of benzene rings is 2. The summed E-state index contributed by atoms with van der Waals surface area (Å²) in [4.78, 5) is 44.7. The average molecular weight is 432 g/mol. The van der Waals surface area contributed by atoms with E-state index in [2.05, 4.69) is 9.98 Å². The molecule has 4 rings (SSSR count). The van der Waals surface area contributed by atoms with E-state index >= 15 is 0 Å². The minimum absolute atomic E-state index is 0. The van der Waals surface area contributed by atoms with Crippen molar-refractivity contribution in [3.8, 4) is 0 Å². The molecule has 0 bridgehead atoms. The van der Waals surface area contributed by atoms with Gasteiger partial charge in [-0.3, -0.25) is 25.8 Å². The second kappa shape index (κ2) is 8.76. The number of carbonyl (C=O) groups is 3. The molecule has 1 aliphatic rings. The summed E-state index contributed by atoms with van der Waals surface area (Å²) >= 11 is 0. The zero-order valence-electron chi connectivity index (χ0n) is 16.3. The van der Waals surface area contributed by atoms with Crippen LogP contribution in [0.4, 0.5) is 10.5 Å². The number of Topliss-reactive ketones (excluding diaryl/α,β-unsaturated/α-hetero) is 1. The Bertz CT molecular complexity index is 1280. The second-order valence-corrected chi connectivity index (χ2v) is 7.07. The Morgan fingerprint density at radius 2 is 1.75 bits per heavy atom. The topological polar surface area (TPSA) is 152 Å². The number of ketones is 1. The molecule has 1 aliphatic heterocycles. The van der Waals surface area contributed by atoms with Crippen molar-refractivity contribution >= 4 is 45.8 Å². The van der Waals surface area contributed by atoms with Crippen molar-refractivity contribution in [1.82, 2.24) is 4.98 Å². The summed E-state index contributed by atoms with van der Waals surface area (Å²) in [5.41, 5.74) is 7.66. The number of fused-ring (bicyclic) bond motifs is 1. The second-order valence-electron chi connectivity index (χ2n) is 7.07. The van der Waals surface area contributed by atoms with Gasteiger partial charge in [0.25, 0.3) is 5.84 Å². The van der Waals surface area contributed by atoms with Crippen LogP contribution >= 0.6 is 0 Å². The number of hydrogen-bond donors (Lipinski definition) is 3. The van der Waals surface area contributed by atoms with Gasteiger partial charge in [-0.1, -0.05) is 13.5 Å². The van der Waals surface area contributed by atoms with E-state index in [0.29, 0.717) is 16.9 Å². The number of urea groups is 1. The molecule has 2 heterocycles. The molecule has 2 amide bonds. The standard InChI is InChI=1S/C22H17N5O4.CH4/c23-20(24)14-2-1-13-8-16(25-10-15(13)7-14)9-19(28)12-3-5-17(6-4-12)27-11-18(21(29)30)26-22(27)31;/h1-8,10H,9,11H2,(H3,23,24)(H,29,30);1H4/p+1. The lowest BCUT2D eigenvalue weighted by atomic mass is 10.0. The van der Waals surface area contributed by atoms with Gasteiger partial charge in [0.1, 0.15) is 0 Å². The number of anilines is 1. The number of rotatable bonds is 6. The van der Waals surface area contributed by atoms with Gasteiger partial charge >= 0.3 is 12.0 Å². The molecule has 1 aromatic heterocycles. The summed E-state index contributed by atoms with van der Waals surface area (Å²) in [5.74, 6) is -1.14. The van der Waals surface area contributed by atoms with E-state index in [1.165, 1.54) is 4.90 Å². The van der Waals surface area contributed by atoms with Crippen LogP contribution in [0.15, 0.2) is 59.7 Å². The zero-order valence-corrected chi connectivity index (χ0v) is 16.3. The van der Waals surface area contributed by atoms with Gasteiger partial charge in [0, 0.05) is 28.5 Å². The zero-order chi connectivity index (χ0) is 22.1. The number of aliphatic carboxylic acids is 1. The monoisotopic (exact) mass is 432 g/mol. The number of aliphatic imine (C=N–C) groups is 1. The molecular weight excluding hydrogens is 410 g/mol. The Morgan fingerprint density at radius 1 is 1.06 bits per heavy atom. The van der Waals surface area contributed by atoms with Crippen LogP contribution in [0, 0.1) is 0 Å². The summed E-state index contributed by atoms with van der Waals surface area (Å²) in [6.07, 6.45) is 1.78. The first-order valence-electron chi connectivity index (χ1n) is 9.34. The molecule has 5 N–H and O–H groups in total. The number of amides is 2. The summed E-state index contributed by atoms with van der Waals surface area (Å²) in [5, 5.41) is 16.4. The van der Waals surface area contributed by atoms with Gasteiger partial charge in [0.15, 0.2) is 11.5 Å². The maximum absolute atomic E-state index is 12.7. The first-order valence-corrected chi connectivity index (χ1v) is 9.34. The van der Waals surface area contributed by atoms with E-state index in [0.717, 1.165) is 16.3 Å². The van der Waals surface area contributed by atoms with Gasteiger partial charge in [-0.05, 0) is 47.9 Å². The molecular formula is C23H22N5O4+. The highest BCUT2D eigenvalue weighted by molar-refractivity contribution is 6.41. The van der Waals surface area contributed by atoms with E-state index < -0.39 is 12.0 Å². The van der Waals surface area contributed by atoms with Crippen LogP contribution in [0.5, 0.6) is 0 Å². The summed E-state index contributed by atoms with van der Waals surface area (Å²) in [7, 11) is 0. The summed E-state index contributed by atoms with van der Waals surface area (Å²) in [6, 6.07) is 13.1. The maximum atomic E-state index is 12.7. The lowest BCUT2D eigenvalue weighted by Gasteiger charge is -2.14. The average Bonchev–Trinajstić information content (AvgIpc) is 3.15. The lowest BCUT2D eigenvalue weighted by Crippen LogP contribution is -2.46. The third-order valence-corrected chi connectivity index (χ3v) is 4.97. The minimum Gasteiger partial charge on any atom is -0.477 e. The Balaban J connectivity index is 0.00000289. The van der Waals surface area contributed by atoms with Crippen LogP contribution in [0.25, 0.3) is 10.8 Å². The Hall–Kier alpha value is -4.40. The molecule has 0 aliphatic carbocycles. The third kappa shape index (κ3) is 4.36. The number of nitrogens with zero attached hydrogens (tertiary/aromatic N) is 3. The van der Waals surface area contributed by atoms with Crippen LogP contribution in [-0.4, -0.2) is 46.0 Å². The van der Waals surface area contributed by atoms with E-state index in [1.54, 1.807) is 36.5 Å². The molecule has 0 unspecified atom stereocenters. The van der Waals surface area contributed by atoms with Crippen molar-refractivity contribution in [1.29, 1.82) is 0 Å². The fourth-order valence-corrected chi connectivity index (χ4v) is 3.30. The molecule has 0 radical (unpaired) electrons. The quantitative estimate of drug-likeness (QED) is 0.303. The lowest BCUT2D eigenvalue weighted by molar-refractivity contribution is -0.129. The van der Waals surface area contributed by atoms with Gasteiger partial charge in [0.05, 0.1) is 18.5 Å². The number of pyridine rings is 1. The SMILES string of the molecule is C.NC(=[NH2+])c1ccc2cc(CC(=O)c3ccc(N4CC(C(=O)O)=NC4=O)cc3)ncc2c1.